The second-order valence-electron chi connectivity index (χ2n) is 7.39. The average Bonchev–Trinajstić information content (AvgIpc) is 2.80. The summed E-state index contributed by atoms with van der Waals surface area (Å²) < 4.78 is 16.8. The fourth-order valence-corrected chi connectivity index (χ4v) is 11.3. The molecule has 1 aromatic heterocycles. The zero-order valence-electron chi connectivity index (χ0n) is 15.1. The first kappa shape index (κ1) is 17.3. The van der Waals surface area contributed by atoms with E-state index < -0.39 is 8.24 Å². The van der Waals surface area contributed by atoms with Crippen molar-refractivity contribution in [3.05, 3.63) is 35.8 Å². The summed E-state index contributed by atoms with van der Waals surface area (Å²) in [4.78, 5) is 0. The lowest BCUT2D eigenvalue weighted by Crippen LogP contribution is -2.51. The summed E-state index contributed by atoms with van der Waals surface area (Å²) in [7, 11) is -1.82. The SMILES string of the molecule is CCc1cc2ccn([Si](C(C)C)(C(C)C)C(C)C)c2cc1F. The van der Waals surface area contributed by atoms with Gasteiger partial charge in [0.15, 0.2) is 8.24 Å². The molecule has 1 heterocycles. The minimum Gasteiger partial charge on any atom is -0.373 e. The van der Waals surface area contributed by atoms with Crippen molar-refractivity contribution in [1.29, 1.82) is 0 Å². The van der Waals surface area contributed by atoms with Gasteiger partial charge in [-0.2, -0.15) is 0 Å². The Kier molecular flexibility index (Phi) is 4.86. The van der Waals surface area contributed by atoms with Gasteiger partial charge in [-0.25, -0.2) is 4.39 Å². The largest absolute Gasteiger partial charge is 0.373 e. The molecule has 0 N–H and O–H groups in total. The average molecular weight is 320 g/mol. The van der Waals surface area contributed by atoms with Crippen LogP contribution in [0.1, 0.15) is 54.0 Å². The topological polar surface area (TPSA) is 4.93 Å². The van der Waals surface area contributed by atoms with E-state index in [0.29, 0.717) is 16.6 Å². The molecule has 0 radical (unpaired) electrons. The Balaban J connectivity index is 2.78. The molecule has 0 aliphatic heterocycles. The highest BCUT2D eigenvalue weighted by Crippen LogP contribution is 2.44. The number of rotatable bonds is 5. The van der Waals surface area contributed by atoms with Crippen LogP contribution in [0.4, 0.5) is 4.39 Å². The molecule has 0 atom stereocenters. The molecule has 122 valence electrons. The first-order chi connectivity index (χ1) is 10.3. The van der Waals surface area contributed by atoms with Crippen molar-refractivity contribution < 1.29 is 4.39 Å². The Morgan fingerprint density at radius 3 is 2.00 bits per heavy atom. The van der Waals surface area contributed by atoms with Gasteiger partial charge < -0.3 is 4.23 Å². The summed E-state index contributed by atoms with van der Waals surface area (Å²) in [6, 6.07) is 5.97. The Bertz CT molecular complexity index is 633. The minimum absolute atomic E-state index is 0.0610. The second kappa shape index (κ2) is 6.19. The van der Waals surface area contributed by atoms with Crippen LogP contribution >= 0.6 is 0 Å². The lowest BCUT2D eigenvalue weighted by Gasteiger charge is -2.44. The van der Waals surface area contributed by atoms with Gasteiger partial charge in [-0.05, 0) is 58.4 Å². The molecule has 0 amide bonds. The van der Waals surface area contributed by atoms with Gasteiger partial charge in [0.05, 0.1) is 0 Å². The number of fused-ring (bicyclic) bond motifs is 1. The monoisotopic (exact) mass is 319 g/mol. The predicted octanol–water partition coefficient (Wildman–Crippen LogP) is 6.37. The summed E-state index contributed by atoms with van der Waals surface area (Å²) in [5.41, 5.74) is 3.72. The molecule has 22 heavy (non-hydrogen) atoms. The Morgan fingerprint density at radius 2 is 1.55 bits per heavy atom. The highest BCUT2D eigenvalue weighted by atomic mass is 28.3. The van der Waals surface area contributed by atoms with Crippen LogP contribution in [0.2, 0.25) is 16.6 Å². The Morgan fingerprint density at radius 1 is 1.00 bits per heavy atom. The summed E-state index contributed by atoms with van der Waals surface area (Å²) in [6.07, 6.45) is 2.96. The fraction of sp³-hybridized carbons (Fsp3) is 0.579. The van der Waals surface area contributed by atoms with E-state index in [1.54, 1.807) is 6.07 Å². The van der Waals surface area contributed by atoms with Gasteiger partial charge in [0.1, 0.15) is 5.82 Å². The molecule has 0 aliphatic rings. The third-order valence-electron chi connectivity index (χ3n) is 5.43. The van der Waals surface area contributed by atoms with Gasteiger partial charge in [-0.3, -0.25) is 0 Å². The van der Waals surface area contributed by atoms with Gasteiger partial charge in [-0.15, -0.1) is 0 Å². The van der Waals surface area contributed by atoms with Crippen molar-refractivity contribution >= 4 is 19.1 Å². The van der Waals surface area contributed by atoms with Crippen LogP contribution in [0.25, 0.3) is 10.9 Å². The highest BCUT2D eigenvalue weighted by molar-refractivity contribution is 6.82. The fourth-order valence-electron chi connectivity index (χ4n) is 4.65. The number of nitrogens with zero attached hydrogens (tertiary/aromatic N) is 1. The quantitative estimate of drug-likeness (QED) is 0.565. The summed E-state index contributed by atoms with van der Waals surface area (Å²) in [6.45, 7) is 16.1. The van der Waals surface area contributed by atoms with Gasteiger partial charge >= 0.3 is 0 Å². The normalized spacial score (nSPS) is 13.0. The first-order valence-corrected chi connectivity index (χ1v) is 10.7. The van der Waals surface area contributed by atoms with Crippen molar-refractivity contribution in [2.75, 3.05) is 0 Å². The number of hydrogen-bond donors (Lipinski definition) is 0. The van der Waals surface area contributed by atoms with E-state index in [0.717, 1.165) is 17.5 Å². The molecule has 2 aromatic rings. The van der Waals surface area contributed by atoms with Crippen LogP contribution in [0, 0.1) is 5.82 Å². The molecule has 0 aliphatic carbocycles. The molecule has 0 saturated heterocycles. The van der Waals surface area contributed by atoms with E-state index in [-0.39, 0.29) is 5.82 Å². The van der Waals surface area contributed by atoms with Gasteiger partial charge in [-0.1, -0.05) is 48.5 Å². The number of halogens is 1. The van der Waals surface area contributed by atoms with E-state index in [1.165, 1.54) is 5.39 Å². The molecule has 1 nitrogen and oxygen atoms in total. The standard InChI is InChI=1S/C19H30FNSi/c1-8-16-11-17-9-10-21(19(17)12-18(16)20)22(13(2)3,14(4)5)15(6)7/h9-15H,8H2,1-7H3. The number of aromatic nitrogens is 1. The molecule has 0 unspecified atom stereocenters. The van der Waals surface area contributed by atoms with Gasteiger partial charge in [0.2, 0.25) is 0 Å². The van der Waals surface area contributed by atoms with Crippen LogP contribution < -0.4 is 0 Å². The predicted molar refractivity (Wildman–Crippen MR) is 97.7 cm³/mol. The lowest BCUT2D eigenvalue weighted by atomic mass is 10.1. The Labute approximate surface area is 135 Å². The van der Waals surface area contributed by atoms with Crippen molar-refractivity contribution in [3.63, 3.8) is 0 Å². The smallest absolute Gasteiger partial charge is 0.169 e. The summed E-state index contributed by atoms with van der Waals surface area (Å²) in [5, 5.41) is 1.18. The summed E-state index contributed by atoms with van der Waals surface area (Å²) >= 11 is 0. The zero-order chi connectivity index (χ0) is 16.7. The van der Waals surface area contributed by atoms with E-state index in [1.807, 2.05) is 13.0 Å². The maximum Gasteiger partial charge on any atom is 0.169 e. The molecule has 0 bridgehead atoms. The van der Waals surface area contributed by atoms with Crippen molar-refractivity contribution in [2.24, 2.45) is 0 Å². The third-order valence-corrected chi connectivity index (χ3v) is 12.2. The van der Waals surface area contributed by atoms with Crippen LogP contribution in [-0.2, 0) is 6.42 Å². The molecule has 1 aromatic carbocycles. The minimum atomic E-state index is -1.82. The lowest BCUT2D eigenvalue weighted by molar-refractivity contribution is 0.613. The van der Waals surface area contributed by atoms with E-state index in [4.69, 9.17) is 0 Å². The molecular weight excluding hydrogens is 289 g/mol. The van der Waals surface area contributed by atoms with E-state index in [9.17, 15) is 4.39 Å². The number of hydrogen-bond acceptors (Lipinski definition) is 0. The third kappa shape index (κ3) is 2.43. The van der Waals surface area contributed by atoms with Crippen molar-refractivity contribution in [3.8, 4) is 0 Å². The van der Waals surface area contributed by atoms with Crippen molar-refractivity contribution in [2.45, 2.75) is 71.5 Å². The molecule has 2 rings (SSSR count). The van der Waals surface area contributed by atoms with Crippen LogP contribution in [0.3, 0.4) is 0 Å². The molecule has 3 heteroatoms. The van der Waals surface area contributed by atoms with Gasteiger partial charge in [0, 0.05) is 5.52 Å². The van der Waals surface area contributed by atoms with Crippen LogP contribution in [0.5, 0.6) is 0 Å². The van der Waals surface area contributed by atoms with E-state index >= 15 is 0 Å². The maximum atomic E-state index is 14.4. The van der Waals surface area contributed by atoms with Gasteiger partial charge in [0.25, 0.3) is 0 Å². The molecule has 0 fully saturated rings. The number of aryl methyl sites for hydroxylation is 1. The second-order valence-corrected chi connectivity index (χ2v) is 13.1. The van der Waals surface area contributed by atoms with Crippen LogP contribution in [-0.4, -0.2) is 12.5 Å². The maximum absolute atomic E-state index is 14.4. The summed E-state index contributed by atoms with van der Waals surface area (Å²) in [5.74, 6) is -0.0610. The van der Waals surface area contributed by atoms with Crippen molar-refractivity contribution in [1.82, 2.24) is 4.23 Å². The van der Waals surface area contributed by atoms with Crippen LogP contribution in [0.15, 0.2) is 24.4 Å². The molecule has 0 saturated carbocycles. The molecule has 0 spiro atoms. The Hall–Kier alpha value is -1.09. The van der Waals surface area contributed by atoms with E-state index in [2.05, 4.69) is 58.0 Å². The highest BCUT2D eigenvalue weighted by Gasteiger charge is 2.45. The molecular formula is C19H30FNSi. The zero-order valence-corrected chi connectivity index (χ0v) is 16.1. The first-order valence-electron chi connectivity index (χ1n) is 8.56. The number of benzene rings is 1.